The molecule has 0 aliphatic heterocycles. The summed E-state index contributed by atoms with van der Waals surface area (Å²) in [5.41, 5.74) is 3.55. The van der Waals surface area contributed by atoms with E-state index in [1.54, 1.807) is 0 Å². The van der Waals surface area contributed by atoms with Gasteiger partial charge < -0.3 is 10.6 Å². The fourth-order valence-electron chi connectivity index (χ4n) is 1.82. The Morgan fingerprint density at radius 2 is 1.79 bits per heavy atom. The predicted molar refractivity (Wildman–Crippen MR) is 87.8 cm³/mol. The standard InChI is InChI=1S/C15H15IN2O/c1-10-9-11(3-8-14(10)17-2)15(19)18-13-6-4-12(16)5-7-13/h3-9,17H,1-2H3,(H,18,19). The summed E-state index contributed by atoms with van der Waals surface area (Å²) < 4.78 is 1.14. The largest absolute Gasteiger partial charge is 0.388 e. The second kappa shape index (κ2) is 6.06. The first-order valence-electron chi connectivity index (χ1n) is 5.95. The van der Waals surface area contributed by atoms with E-state index in [9.17, 15) is 4.79 Å². The van der Waals surface area contributed by atoms with Crippen LogP contribution in [0.4, 0.5) is 11.4 Å². The molecule has 0 aromatic heterocycles. The Labute approximate surface area is 126 Å². The fraction of sp³-hybridized carbons (Fsp3) is 0.133. The van der Waals surface area contributed by atoms with Gasteiger partial charge in [-0.3, -0.25) is 4.79 Å². The van der Waals surface area contributed by atoms with Crippen molar-refractivity contribution in [3.63, 3.8) is 0 Å². The normalized spacial score (nSPS) is 10.1. The molecule has 0 bridgehead atoms. The third-order valence-electron chi connectivity index (χ3n) is 2.86. The molecule has 0 heterocycles. The number of anilines is 2. The molecule has 3 nitrogen and oxygen atoms in total. The van der Waals surface area contributed by atoms with Crippen molar-refractivity contribution in [2.45, 2.75) is 6.92 Å². The van der Waals surface area contributed by atoms with Crippen molar-refractivity contribution in [1.82, 2.24) is 0 Å². The number of carbonyl (C=O) groups is 1. The smallest absolute Gasteiger partial charge is 0.255 e. The van der Waals surface area contributed by atoms with E-state index in [2.05, 4.69) is 33.2 Å². The van der Waals surface area contributed by atoms with Crippen LogP contribution in [0.5, 0.6) is 0 Å². The van der Waals surface area contributed by atoms with Crippen LogP contribution in [0.2, 0.25) is 0 Å². The van der Waals surface area contributed by atoms with Crippen LogP contribution in [0, 0.1) is 10.5 Å². The molecule has 1 amide bonds. The van der Waals surface area contributed by atoms with E-state index in [4.69, 9.17) is 0 Å². The summed E-state index contributed by atoms with van der Waals surface area (Å²) in [4.78, 5) is 12.1. The number of aryl methyl sites for hydroxylation is 1. The van der Waals surface area contributed by atoms with Crippen LogP contribution >= 0.6 is 22.6 Å². The first-order valence-corrected chi connectivity index (χ1v) is 7.03. The Bertz CT molecular complexity index is 594. The molecule has 2 aromatic carbocycles. The summed E-state index contributed by atoms with van der Waals surface area (Å²) in [6.07, 6.45) is 0. The van der Waals surface area contributed by atoms with Crippen LogP contribution < -0.4 is 10.6 Å². The second-order valence-corrected chi connectivity index (χ2v) is 5.49. The second-order valence-electron chi connectivity index (χ2n) is 4.24. The first-order chi connectivity index (χ1) is 9.10. The highest BCUT2D eigenvalue weighted by Crippen LogP contribution is 2.17. The van der Waals surface area contributed by atoms with Gasteiger partial charge in [-0.1, -0.05) is 0 Å². The van der Waals surface area contributed by atoms with Gasteiger partial charge in [-0.15, -0.1) is 0 Å². The van der Waals surface area contributed by atoms with E-state index in [1.807, 2.05) is 56.4 Å². The average molecular weight is 366 g/mol. The molecule has 0 atom stereocenters. The quantitative estimate of drug-likeness (QED) is 0.810. The van der Waals surface area contributed by atoms with E-state index in [0.717, 1.165) is 20.5 Å². The molecule has 0 aliphatic rings. The minimum atomic E-state index is -0.0908. The lowest BCUT2D eigenvalue weighted by Gasteiger charge is -2.09. The Balaban J connectivity index is 2.16. The lowest BCUT2D eigenvalue weighted by Crippen LogP contribution is -2.12. The van der Waals surface area contributed by atoms with E-state index < -0.39 is 0 Å². The number of hydrogen-bond donors (Lipinski definition) is 2. The number of hydrogen-bond acceptors (Lipinski definition) is 2. The van der Waals surface area contributed by atoms with Gasteiger partial charge in [0.15, 0.2) is 0 Å². The molecular weight excluding hydrogens is 351 g/mol. The molecular formula is C15H15IN2O. The topological polar surface area (TPSA) is 41.1 Å². The maximum absolute atomic E-state index is 12.1. The number of carbonyl (C=O) groups excluding carboxylic acids is 1. The molecule has 19 heavy (non-hydrogen) atoms. The van der Waals surface area contributed by atoms with Crippen LogP contribution in [0.25, 0.3) is 0 Å². The molecule has 98 valence electrons. The van der Waals surface area contributed by atoms with Crippen LogP contribution in [-0.2, 0) is 0 Å². The number of benzene rings is 2. The SMILES string of the molecule is CNc1ccc(C(=O)Nc2ccc(I)cc2)cc1C. The van der Waals surface area contributed by atoms with E-state index >= 15 is 0 Å². The highest BCUT2D eigenvalue weighted by atomic mass is 127. The maximum atomic E-state index is 12.1. The summed E-state index contributed by atoms with van der Waals surface area (Å²) in [6.45, 7) is 1.98. The van der Waals surface area contributed by atoms with Crippen LogP contribution in [0.3, 0.4) is 0 Å². The van der Waals surface area contributed by atoms with Gasteiger partial charge in [-0.2, -0.15) is 0 Å². The number of rotatable bonds is 3. The van der Waals surface area contributed by atoms with Crippen molar-refractivity contribution in [2.75, 3.05) is 17.7 Å². The summed E-state index contributed by atoms with van der Waals surface area (Å²) in [5, 5.41) is 5.97. The molecule has 0 saturated heterocycles. The minimum Gasteiger partial charge on any atom is -0.388 e. The summed E-state index contributed by atoms with van der Waals surface area (Å²) in [7, 11) is 1.87. The van der Waals surface area contributed by atoms with Gasteiger partial charge in [-0.05, 0) is 77.5 Å². The lowest BCUT2D eigenvalue weighted by atomic mass is 10.1. The lowest BCUT2D eigenvalue weighted by molar-refractivity contribution is 0.102. The third-order valence-corrected chi connectivity index (χ3v) is 3.58. The van der Waals surface area contributed by atoms with Crippen molar-refractivity contribution in [2.24, 2.45) is 0 Å². The maximum Gasteiger partial charge on any atom is 0.255 e. The molecule has 2 aromatic rings. The van der Waals surface area contributed by atoms with E-state index in [0.29, 0.717) is 5.56 Å². The van der Waals surface area contributed by atoms with Gasteiger partial charge in [0.05, 0.1) is 0 Å². The van der Waals surface area contributed by atoms with Crippen LogP contribution in [-0.4, -0.2) is 13.0 Å². The molecule has 0 unspecified atom stereocenters. The monoisotopic (exact) mass is 366 g/mol. The fourth-order valence-corrected chi connectivity index (χ4v) is 2.18. The zero-order valence-corrected chi connectivity index (χ0v) is 13.0. The zero-order chi connectivity index (χ0) is 13.8. The number of nitrogens with one attached hydrogen (secondary N) is 2. The van der Waals surface area contributed by atoms with Crippen molar-refractivity contribution in [1.29, 1.82) is 0 Å². The molecule has 2 rings (SSSR count). The van der Waals surface area contributed by atoms with Gasteiger partial charge in [0.2, 0.25) is 0 Å². The summed E-state index contributed by atoms with van der Waals surface area (Å²) >= 11 is 2.23. The zero-order valence-electron chi connectivity index (χ0n) is 10.8. The van der Waals surface area contributed by atoms with Gasteiger partial charge in [0.1, 0.15) is 0 Å². The van der Waals surface area contributed by atoms with Gasteiger partial charge in [-0.25, -0.2) is 0 Å². The van der Waals surface area contributed by atoms with Gasteiger partial charge in [0.25, 0.3) is 5.91 Å². The van der Waals surface area contributed by atoms with Gasteiger partial charge >= 0.3 is 0 Å². The Morgan fingerprint density at radius 1 is 1.11 bits per heavy atom. The predicted octanol–water partition coefficient (Wildman–Crippen LogP) is 3.89. The van der Waals surface area contributed by atoms with Gasteiger partial charge in [0, 0.05) is 27.6 Å². The molecule has 4 heteroatoms. The Morgan fingerprint density at radius 3 is 2.37 bits per heavy atom. The highest BCUT2D eigenvalue weighted by molar-refractivity contribution is 14.1. The number of amides is 1. The Kier molecular flexibility index (Phi) is 4.42. The molecule has 2 N–H and O–H groups in total. The highest BCUT2D eigenvalue weighted by Gasteiger charge is 2.07. The number of halogens is 1. The first kappa shape index (κ1) is 13.9. The van der Waals surface area contributed by atoms with Crippen molar-refractivity contribution < 1.29 is 4.79 Å². The molecule has 0 fully saturated rings. The van der Waals surface area contributed by atoms with Crippen molar-refractivity contribution in [3.8, 4) is 0 Å². The van der Waals surface area contributed by atoms with Crippen LogP contribution in [0.1, 0.15) is 15.9 Å². The van der Waals surface area contributed by atoms with Crippen molar-refractivity contribution in [3.05, 3.63) is 57.2 Å². The average Bonchev–Trinajstić information content (AvgIpc) is 2.41. The Hall–Kier alpha value is -1.56. The molecule has 0 saturated carbocycles. The van der Waals surface area contributed by atoms with E-state index in [1.165, 1.54) is 0 Å². The molecule has 0 radical (unpaired) electrons. The van der Waals surface area contributed by atoms with Crippen molar-refractivity contribution >= 4 is 39.9 Å². The minimum absolute atomic E-state index is 0.0908. The summed E-state index contributed by atoms with van der Waals surface area (Å²) in [6, 6.07) is 13.3. The van der Waals surface area contributed by atoms with Crippen LogP contribution in [0.15, 0.2) is 42.5 Å². The van der Waals surface area contributed by atoms with E-state index in [-0.39, 0.29) is 5.91 Å². The third kappa shape index (κ3) is 3.47. The molecule has 0 spiro atoms. The molecule has 0 aliphatic carbocycles. The summed E-state index contributed by atoms with van der Waals surface area (Å²) in [5.74, 6) is -0.0908.